The molecule has 1 amide bonds. The third kappa shape index (κ3) is 3.33. The number of nitrogens with zero attached hydrogens (tertiary/aromatic N) is 2. The van der Waals surface area contributed by atoms with E-state index in [1.165, 1.54) is 20.3 Å². The second-order valence-electron chi connectivity index (χ2n) is 5.30. The Labute approximate surface area is 143 Å². The molecule has 0 spiro atoms. The Bertz CT molecular complexity index is 705. The van der Waals surface area contributed by atoms with Crippen molar-refractivity contribution in [1.29, 1.82) is 0 Å². The lowest BCUT2D eigenvalue weighted by molar-refractivity contribution is -0.385. The number of carbonyl (C=O) groups excluding carboxylic acids is 2. The van der Waals surface area contributed by atoms with Crippen molar-refractivity contribution >= 4 is 17.6 Å². The highest BCUT2D eigenvalue weighted by Gasteiger charge is 2.43. The molecule has 1 aliphatic rings. The highest BCUT2D eigenvalue weighted by atomic mass is 16.6. The molecule has 1 heterocycles. The summed E-state index contributed by atoms with van der Waals surface area (Å²) in [5.74, 6) is -1.34. The topological polar surface area (TPSA) is 128 Å². The van der Waals surface area contributed by atoms with Crippen LogP contribution in [-0.2, 0) is 9.53 Å². The van der Waals surface area contributed by atoms with Crippen LogP contribution in [0.2, 0.25) is 0 Å². The molecule has 2 atom stereocenters. The minimum Gasteiger partial charge on any atom is -0.493 e. The van der Waals surface area contributed by atoms with Gasteiger partial charge in [0.25, 0.3) is 11.6 Å². The first-order valence-electron chi connectivity index (χ1n) is 7.33. The van der Waals surface area contributed by atoms with Crippen molar-refractivity contribution in [2.24, 2.45) is 0 Å². The molecule has 0 aromatic heterocycles. The smallest absolute Gasteiger partial charge is 0.331 e. The molecule has 136 valence electrons. The van der Waals surface area contributed by atoms with Gasteiger partial charge in [-0.3, -0.25) is 14.9 Å². The molecule has 1 saturated heterocycles. The molecule has 2 rings (SSSR count). The molecule has 10 heteroatoms. The molecular weight excluding hydrogens is 336 g/mol. The maximum Gasteiger partial charge on any atom is 0.331 e. The van der Waals surface area contributed by atoms with Gasteiger partial charge in [0.15, 0.2) is 17.5 Å². The molecule has 0 aliphatic carbocycles. The summed E-state index contributed by atoms with van der Waals surface area (Å²) in [5.41, 5.74) is -0.765. The number of aliphatic hydroxyl groups excluding tert-OH is 1. The van der Waals surface area contributed by atoms with E-state index in [-0.39, 0.29) is 30.0 Å². The zero-order valence-electron chi connectivity index (χ0n) is 13.9. The lowest BCUT2D eigenvalue weighted by atomic mass is 10.1. The number of carbonyl (C=O) groups is 2. The Balaban J connectivity index is 2.51. The minimum atomic E-state index is -1.22. The van der Waals surface area contributed by atoms with Gasteiger partial charge in [-0.1, -0.05) is 0 Å². The molecule has 1 N–H and O–H groups in total. The second-order valence-corrected chi connectivity index (χ2v) is 5.30. The molecule has 1 aromatic rings. The summed E-state index contributed by atoms with van der Waals surface area (Å²) < 4.78 is 14.7. The molecule has 1 unspecified atom stereocenters. The van der Waals surface area contributed by atoms with E-state index >= 15 is 0 Å². The van der Waals surface area contributed by atoms with Crippen molar-refractivity contribution in [1.82, 2.24) is 4.90 Å². The van der Waals surface area contributed by atoms with Crippen LogP contribution in [0.5, 0.6) is 11.5 Å². The van der Waals surface area contributed by atoms with Gasteiger partial charge in [0.1, 0.15) is 5.56 Å². The fourth-order valence-electron chi connectivity index (χ4n) is 2.75. The zero-order chi connectivity index (χ0) is 18.7. The van der Waals surface area contributed by atoms with Crippen LogP contribution < -0.4 is 9.47 Å². The molecule has 1 aromatic carbocycles. The first-order valence-corrected chi connectivity index (χ1v) is 7.33. The van der Waals surface area contributed by atoms with Gasteiger partial charge in [0.2, 0.25) is 0 Å². The number of hydrogen-bond acceptors (Lipinski definition) is 8. The maximum atomic E-state index is 12.8. The van der Waals surface area contributed by atoms with Crippen molar-refractivity contribution < 1.29 is 33.8 Å². The van der Waals surface area contributed by atoms with Gasteiger partial charge in [-0.15, -0.1) is 0 Å². The number of hydrogen-bond donors (Lipinski definition) is 1. The van der Waals surface area contributed by atoms with Crippen LogP contribution in [0.4, 0.5) is 5.69 Å². The van der Waals surface area contributed by atoms with Crippen molar-refractivity contribution in [2.75, 3.05) is 27.9 Å². The Kier molecular flexibility index (Phi) is 5.42. The lowest BCUT2D eigenvalue weighted by Crippen LogP contribution is -2.45. The summed E-state index contributed by atoms with van der Waals surface area (Å²) in [4.78, 5) is 36.4. The van der Waals surface area contributed by atoms with Gasteiger partial charge in [-0.05, 0) is 6.42 Å². The highest BCUT2D eigenvalue weighted by Crippen LogP contribution is 2.36. The van der Waals surface area contributed by atoms with Crippen LogP contribution in [0.1, 0.15) is 16.8 Å². The van der Waals surface area contributed by atoms with Crippen molar-refractivity contribution in [3.8, 4) is 11.5 Å². The van der Waals surface area contributed by atoms with E-state index in [0.29, 0.717) is 0 Å². The molecule has 1 aliphatic heterocycles. The van der Waals surface area contributed by atoms with Crippen LogP contribution in [0.3, 0.4) is 0 Å². The van der Waals surface area contributed by atoms with E-state index in [4.69, 9.17) is 9.47 Å². The standard InChI is InChI=1S/C15H18N2O8/c1-23-11-6-8(9(17(21)22)7-12(11)24-2)14(19)16-5-4-10(18)13(16)15(20)25-3/h6-7,10,13,18H,4-5H2,1-3H3/t10?,13-/m0/s1. The predicted octanol–water partition coefficient (Wildman–Crippen LogP) is 0.360. The number of rotatable bonds is 5. The Morgan fingerprint density at radius 1 is 1.24 bits per heavy atom. The van der Waals surface area contributed by atoms with Gasteiger partial charge in [-0.2, -0.15) is 0 Å². The fraction of sp³-hybridized carbons (Fsp3) is 0.467. The van der Waals surface area contributed by atoms with Crippen molar-refractivity contribution in [2.45, 2.75) is 18.6 Å². The molecule has 10 nitrogen and oxygen atoms in total. The minimum absolute atomic E-state index is 0.0608. The maximum absolute atomic E-state index is 12.8. The van der Waals surface area contributed by atoms with Crippen LogP contribution in [0, 0.1) is 10.1 Å². The molecule has 1 fully saturated rings. The Hall–Kier alpha value is -2.88. The fourth-order valence-corrected chi connectivity index (χ4v) is 2.75. The summed E-state index contributed by atoms with van der Waals surface area (Å²) in [6.45, 7) is 0.0608. The monoisotopic (exact) mass is 354 g/mol. The second kappa shape index (κ2) is 7.34. The number of likely N-dealkylation sites (tertiary alicyclic amines) is 1. The van der Waals surface area contributed by atoms with Crippen LogP contribution in [0.15, 0.2) is 12.1 Å². The van der Waals surface area contributed by atoms with Crippen LogP contribution >= 0.6 is 0 Å². The normalized spacial score (nSPS) is 19.4. The number of nitro benzene ring substituents is 1. The summed E-state index contributed by atoms with van der Waals surface area (Å²) in [6, 6.07) is 1.04. The van der Waals surface area contributed by atoms with Gasteiger partial charge >= 0.3 is 5.97 Å². The van der Waals surface area contributed by atoms with E-state index in [0.717, 1.165) is 18.1 Å². The average Bonchev–Trinajstić information content (AvgIpc) is 3.00. The average molecular weight is 354 g/mol. The molecule has 0 radical (unpaired) electrons. The summed E-state index contributed by atoms with van der Waals surface area (Å²) in [6.07, 6.45) is -0.942. The van der Waals surface area contributed by atoms with E-state index in [1.54, 1.807) is 0 Å². The lowest BCUT2D eigenvalue weighted by Gasteiger charge is -2.24. The van der Waals surface area contributed by atoms with Gasteiger partial charge < -0.3 is 24.2 Å². The van der Waals surface area contributed by atoms with Crippen molar-refractivity contribution in [3.63, 3.8) is 0 Å². The van der Waals surface area contributed by atoms with Gasteiger partial charge in [0, 0.05) is 12.6 Å². The number of esters is 1. The molecule has 0 bridgehead atoms. The Morgan fingerprint density at radius 3 is 2.36 bits per heavy atom. The molecule has 25 heavy (non-hydrogen) atoms. The van der Waals surface area contributed by atoms with Crippen LogP contribution in [-0.4, -0.2) is 66.8 Å². The third-order valence-corrected chi connectivity index (χ3v) is 4.00. The van der Waals surface area contributed by atoms with E-state index in [9.17, 15) is 24.8 Å². The number of methoxy groups -OCH3 is 3. The van der Waals surface area contributed by atoms with E-state index in [2.05, 4.69) is 4.74 Å². The first kappa shape index (κ1) is 18.5. The highest BCUT2D eigenvalue weighted by molar-refractivity contribution is 6.01. The summed E-state index contributed by atoms with van der Waals surface area (Å²) in [7, 11) is 3.77. The number of ether oxygens (including phenoxy) is 3. The Morgan fingerprint density at radius 2 is 1.84 bits per heavy atom. The summed E-state index contributed by atoms with van der Waals surface area (Å²) in [5, 5.41) is 21.3. The van der Waals surface area contributed by atoms with E-state index in [1.807, 2.05) is 0 Å². The zero-order valence-corrected chi connectivity index (χ0v) is 13.9. The van der Waals surface area contributed by atoms with Gasteiger partial charge in [0.05, 0.1) is 38.4 Å². The molecule has 0 saturated carbocycles. The summed E-state index contributed by atoms with van der Waals surface area (Å²) >= 11 is 0. The first-order chi connectivity index (χ1) is 11.8. The van der Waals surface area contributed by atoms with Gasteiger partial charge in [-0.25, -0.2) is 4.79 Å². The van der Waals surface area contributed by atoms with Crippen molar-refractivity contribution in [3.05, 3.63) is 27.8 Å². The van der Waals surface area contributed by atoms with E-state index < -0.39 is 34.6 Å². The number of benzene rings is 1. The SMILES string of the molecule is COC(=O)[C@@H]1C(O)CCN1C(=O)c1cc(OC)c(OC)cc1[N+](=O)[O-]. The predicted molar refractivity (Wildman–Crippen MR) is 83.7 cm³/mol. The third-order valence-electron chi connectivity index (χ3n) is 4.00. The number of amides is 1. The largest absolute Gasteiger partial charge is 0.493 e. The quantitative estimate of drug-likeness (QED) is 0.456. The molecular formula is C15H18N2O8. The number of nitro groups is 1. The van der Waals surface area contributed by atoms with Crippen LogP contribution in [0.25, 0.3) is 0 Å². The number of aliphatic hydroxyl groups is 1.